The van der Waals surface area contributed by atoms with Crippen molar-refractivity contribution in [3.8, 4) is 0 Å². The summed E-state index contributed by atoms with van der Waals surface area (Å²) in [4.78, 5) is 35.2. The molecule has 0 aromatic rings. The fourth-order valence-electron chi connectivity index (χ4n) is 1.61. The zero-order chi connectivity index (χ0) is 15.0. The van der Waals surface area contributed by atoms with Crippen molar-refractivity contribution in [1.29, 1.82) is 0 Å². The Morgan fingerprint density at radius 3 is 2.26 bits per heavy atom. The Kier molecular flexibility index (Phi) is 7.55. The highest BCUT2D eigenvalue weighted by molar-refractivity contribution is 5.83. The van der Waals surface area contributed by atoms with Crippen molar-refractivity contribution in [2.75, 3.05) is 6.54 Å². The van der Waals surface area contributed by atoms with Gasteiger partial charge in [0.1, 0.15) is 6.04 Å². The number of carbonyl (C=O) groups is 3. The minimum absolute atomic E-state index is 0.00549. The fourth-order valence-corrected chi connectivity index (χ4v) is 1.61. The molecule has 7 nitrogen and oxygen atoms in total. The number of nitrogens with zero attached hydrogens (tertiary/aromatic N) is 1. The van der Waals surface area contributed by atoms with Crippen molar-refractivity contribution in [2.24, 2.45) is 5.73 Å². The number of primary amides is 1. The Balaban J connectivity index is 4.59. The number of nitrogens with one attached hydrogen (secondary N) is 1. The Hall–Kier alpha value is -1.79. The Morgan fingerprint density at radius 1 is 1.32 bits per heavy atom. The van der Waals surface area contributed by atoms with Crippen LogP contribution >= 0.6 is 0 Å². The molecule has 0 heterocycles. The fraction of sp³-hybridized carbons (Fsp3) is 0.750. The van der Waals surface area contributed by atoms with E-state index in [-0.39, 0.29) is 18.9 Å². The lowest BCUT2D eigenvalue weighted by Crippen LogP contribution is -2.50. The molecule has 0 spiro atoms. The summed E-state index contributed by atoms with van der Waals surface area (Å²) in [7, 11) is 0. The molecule has 0 bridgehead atoms. The summed E-state index contributed by atoms with van der Waals surface area (Å²) in [5.74, 6) is -1.76. The number of aliphatic carboxylic acids is 1. The first kappa shape index (κ1) is 17.2. The maximum atomic E-state index is 12.0. The van der Waals surface area contributed by atoms with Gasteiger partial charge in [-0.2, -0.15) is 0 Å². The normalized spacial score (nSPS) is 12.0. The highest BCUT2D eigenvalue weighted by Crippen LogP contribution is 2.04. The molecule has 0 saturated carbocycles. The van der Waals surface area contributed by atoms with Crippen LogP contribution in [0.2, 0.25) is 0 Å². The van der Waals surface area contributed by atoms with E-state index < -0.39 is 23.9 Å². The predicted octanol–water partition coefficient (Wildman–Crippen LogP) is 0.535. The van der Waals surface area contributed by atoms with E-state index in [1.54, 1.807) is 4.90 Å². The van der Waals surface area contributed by atoms with Gasteiger partial charge in [-0.3, -0.25) is 4.79 Å². The largest absolute Gasteiger partial charge is 0.480 e. The number of hydrogen-bond donors (Lipinski definition) is 3. The van der Waals surface area contributed by atoms with Gasteiger partial charge < -0.3 is 21.1 Å². The number of carboxylic acids is 1. The smallest absolute Gasteiger partial charge is 0.326 e. The van der Waals surface area contributed by atoms with E-state index in [1.807, 2.05) is 20.8 Å². The van der Waals surface area contributed by atoms with E-state index in [0.717, 1.165) is 6.42 Å². The van der Waals surface area contributed by atoms with Gasteiger partial charge in [-0.25, -0.2) is 9.59 Å². The van der Waals surface area contributed by atoms with Gasteiger partial charge in [0.15, 0.2) is 0 Å². The molecule has 0 aromatic carbocycles. The van der Waals surface area contributed by atoms with Crippen molar-refractivity contribution in [2.45, 2.75) is 52.1 Å². The van der Waals surface area contributed by atoms with Crippen LogP contribution in [0, 0.1) is 0 Å². The molecule has 0 rings (SSSR count). The third-order valence-corrected chi connectivity index (χ3v) is 2.62. The van der Waals surface area contributed by atoms with Crippen LogP contribution in [0.1, 0.15) is 40.0 Å². The maximum absolute atomic E-state index is 12.0. The summed E-state index contributed by atoms with van der Waals surface area (Å²) < 4.78 is 0. The quantitative estimate of drug-likeness (QED) is 0.598. The van der Waals surface area contributed by atoms with Crippen molar-refractivity contribution in [3.05, 3.63) is 0 Å². The lowest BCUT2D eigenvalue weighted by atomic mass is 10.1. The van der Waals surface area contributed by atoms with Crippen LogP contribution in [0.15, 0.2) is 0 Å². The van der Waals surface area contributed by atoms with Gasteiger partial charge in [0.2, 0.25) is 5.91 Å². The Morgan fingerprint density at radius 2 is 1.89 bits per heavy atom. The first-order valence-corrected chi connectivity index (χ1v) is 6.37. The number of rotatable bonds is 8. The number of carboxylic acid groups (broad SMARTS) is 1. The molecule has 1 atom stereocenters. The molecular weight excluding hydrogens is 250 g/mol. The first-order valence-electron chi connectivity index (χ1n) is 6.37. The summed E-state index contributed by atoms with van der Waals surface area (Å²) in [6.07, 6.45) is 0.700. The predicted molar refractivity (Wildman–Crippen MR) is 70.5 cm³/mol. The summed E-state index contributed by atoms with van der Waals surface area (Å²) in [5.41, 5.74) is 4.97. The third kappa shape index (κ3) is 6.64. The van der Waals surface area contributed by atoms with Crippen molar-refractivity contribution in [1.82, 2.24) is 10.2 Å². The number of nitrogens with two attached hydrogens (primary N) is 1. The maximum Gasteiger partial charge on any atom is 0.326 e. The van der Waals surface area contributed by atoms with E-state index in [2.05, 4.69) is 5.32 Å². The average molecular weight is 273 g/mol. The third-order valence-electron chi connectivity index (χ3n) is 2.62. The van der Waals surface area contributed by atoms with Gasteiger partial charge in [-0.1, -0.05) is 6.92 Å². The molecular formula is C12H23N3O4. The molecule has 0 aliphatic heterocycles. The van der Waals surface area contributed by atoms with Crippen LogP contribution < -0.4 is 11.1 Å². The number of hydrogen-bond acceptors (Lipinski definition) is 3. The van der Waals surface area contributed by atoms with Crippen LogP contribution in [-0.2, 0) is 9.59 Å². The highest BCUT2D eigenvalue weighted by Gasteiger charge is 2.24. The zero-order valence-corrected chi connectivity index (χ0v) is 11.7. The van der Waals surface area contributed by atoms with E-state index >= 15 is 0 Å². The minimum Gasteiger partial charge on any atom is -0.480 e. The molecule has 0 aromatic heterocycles. The zero-order valence-electron chi connectivity index (χ0n) is 11.7. The first-order chi connectivity index (χ1) is 8.79. The molecule has 3 amide bonds. The van der Waals surface area contributed by atoms with Crippen molar-refractivity contribution >= 4 is 17.9 Å². The van der Waals surface area contributed by atoms with Gasteiger partial charge in [-0.15, -0.1) is 0 Å². The highest BCUT2D eigenvalue weighted by atomic mass is 16.4. The molecule has 19 heavy (non-hydrogen) atoms. The average Bonchev–Trinajstić information content (AvgIpc) is 2.29. The van der Waals surface area contributed by atoms with Gasteiger partial charge in [0.25, 0.3) is 0 Å². The van der Waals surface area contributed by atoms with Crippen LogP contribution in [-0.4, -0.2) is 46.5 Å². The SMILES string of the molecule is CCCN(C(=O)N[C@@H](CCC(N)=O)C(=O)O)C(C)C. The standard InChI is InChI=1S/C12H23N3O4/c1-4-7-15(8(2)3)12(19)14-9(11(17)18)5-6-10(13)16/h8-9H,4-7H2,1-3H3,(H2,13,16)(H,14,19)(H,17,18)/t9-/m0/s1. The van der Waals surface area contributed by atoms with E-state index in [4.69, 9.17) is 10.8 Å². The second kappa shape index (κ2) is 8.34. The summed E-state index contributed by atoms with van der Waals surface area (Å²) in [5, 5.41) is 11.4. The van der Waals surface area contributed by atoms with Gasteiger partial charge in [0.05, 0.1) is 0 Å². The molecule has 7 heteroatoms. The molecule has 4 N–H and O–H groups in total. The van der Waals surface area contributed by atoms with Crippen molar-refractivity contribution < 1.29 is 19.5 Å². The number of urea groups is 1. The lowest BCUT2D eigenvalue weighted by molar-refractivity contribution is -0.139. The number of carbonyl (C=O) groups excluding carboxylic acids is 2. The summed E-state index contributed by atoms with van der Waals surface area (Å²) in [6, 6.07) is -1.56. The number of amides is 3. The monoisotopic (exact) mass is 273 g/mol. The molecule has 0 aliphatic carbocycles. The molecule has 0 saturated heterocycles. The second-order valence-electron chi connectivity index (χ2n) is 4.63. The second-order valence-corrected chi connectivity index (χ2v) is 4.63. The van der Waals surface area contributed by atoms with Gasteiger partial charge in [0, 0.05) is 19.0 Å². The van der Waals surface area contributed by atoms with E-state index in [1.165, 1.54) is 0 Å². The minimum atomic E-state index is -1.17. The Labute approximate surface area is 113 Å². The topological polar surface area (TPSA) is 113 Å². The van der Waals surface area contributed by atoms with Crippen LogP contribution in [0.4, 0.5) is 4.79 Å². The van der Waals surface area contributed by atoms with Crippen LogP contribution in [0.25, 0.3) is 0 Å². The van der Waals surface area contributed by atoms with Gasteiger partial charge >= 0.3 is 12.0 Å². The van der Waals surface area contributed by atoms with Crippen molar-refractivity contribution in [3.63, 3.8) is 0 Å². The molecule has 0 radical (unpaired) electrons. The van der Waals surface area contributed by atoms with Crippen LogP contribution in [0.3, 0.4) is 0 Å². The Bertz CT molecular complexity index is 331. The molecule has 0 fully saturated rings. The van der Waals surface area contributed by atoms with Gasteiger partial charge in [-0.05, 0) is 26.7 Å². The van der Waals surface area contributed by atoms with E-state index in [0.29, 0.717) is 6.54 Å². The molecule has 0 aliphatic rings. The van der Waals surface area contributed by atoms with E-state index in [9.17, 15) is 14.4 Å². The summed E-state index contributed by atoms with van der Waals surface area (Å²) >= 11 is 0. The van der Waals surface area contributed by atoms with Crippen LogP contribution in [0.5, 0.6) is 0 Å². The molecule has 110 valence electrons. The lowest BCUT2D eigenvalue weighted by Gasteiger charge is -2.28. The summed E-state index contributed by atoms with van der Waals surface area (Å²) in [6.45, 7) is 6.19. The molecule has 0 unspecified atom stereocenters.